The molecule has 1 fully saturated rings. The maximum absolute atomic E-state index is 13.8. The first kappa shape index (κ1) is 21.0. The second-order valence-electron chi connectivity index (χ2n) is 8.35. The third-order valence-electron chi connectivity index (χ3n) is 6.16. The number of nitrogens with zero attached hydrogens (tertiary/aromatic N) is 4. The van der Waals surface area contributed by atoms with Crippen LogP contribution in [-0.2, 0) is 5.41 Å². The van der Waals surface area contributed by atoms with Crippen molar-refractivity contribution < 1.29 is 18.1 Å². The smallest absolute Gasteiger partial charge is 0.280 e. The number of hydrogen-bond donors (Lipinski definition) is 1. The summed E-state index contributed by atoms with van der Waals surface area (Å²) < 4.78 is 34.2. The van der Waals surface area contributed by atoms with Crippen molar-refractivity contribution in [3.63, 3.8) is 0 Å². The van der Waals surface area contributed by atoms with Gasteiger partial charge in [0, 0.05) is 5.56 Å². The summed E-state index contributed by atoms with van der Waals surface area (Å²) in [7, 11) is 0. The fraction of sp³-hybridized carbons (Fsp3) is 0.250. The van der Waals surface area contributed by atoms with Crippen molar-refractivity contribution in [3.8, 4) is 17.3 Å². The van der Waals surface area contributed by atoms with Crippen LogP contribution in [0.1, 0.15) is 57.8 Å². The Kier molecular flexibility index (Phi) is 4.84. The molecular weight excluding hydrogens is 428 g/mol. The molecule has 7 nitrogen and oxygen atoms in total. The molecule has 4 aromatic rings. The number of carbonyl (C=O) groups is 1. The molecule has 0 radical (unpaired) electrons. The number of hydrogen-bond acceptors (Lipinski definition) is 5. The van der Waals surface area contributed by atoms with Crippen LogP contribution in [0.15, 0.2) is 53.1 Å². The lowest BCUT2D eigenvalue weighted by Crippen LogP contribution is -2.13. The lowest BCUT2D eigenvalue weighted by atomic mass is 9.91. The Balaban J connectivity index is 1.53. The van der Waals surface area contributed by atoms with Gasteiger partial charge in [0.2, 0.25) is 5.91 Å². The predicted octanol–water partition coefficient (Wildman–Crippen LogP) is 4.66. The number of halogens is 2. The van der Waals surface area contributed by atoms with Crippen LogP contribution in [0.2, 0.25) is 0 Å². The molecular formula is C24H21F2N5O2. The first-order chi connectivity index (χ1) is 15.8. The van der Waals surface area contributed by atoms with E-state index in [-0.39, 0.29) is 22.7 Å². The zero-order valence-electron chi connectivity index (χ0n) is 18.0. The highest BCUT2D eigenvalue weighted by molar-refractivity contribution is 5.94. The molecule has 2 aromatic heterocycles. The van der Waals surface area contributed by atoms with E-state index in [0.717, 1.165) is 28.7 Å². The van der Waals surface area contributed by atoms with Crippen molar-refractivity contribution >= 4 is 5.91 Å². The van der Waals surface area contributed by atoms with Gasteiger partial charge in [-0.25, -0.2) is 13.5 Å². The summed E-state index contributed by atoms with van der Waals surface area (Å²) in [4.78, 5) is 16.0. The maximum atomic E-state index is 13.8. The van der Waals surface area contributed by atoms with Crippen LogP contribution >= 0.6 is 0 Å². The van der Waals surface area contributed by atoms with E-state index in [1.807, 2.05) is 25.1 Å². The number of rotatable bonds is 6. The summed E-state index contributed by atoms with van der Waals surface area (Å²) in [5.41, 5.74) is 8.39. The van der Waals surface area contributed by atoms with Gasteiger partial charge in [0.05, 0.1) is 11.1 Å². The highest BCUT2D eigenvalue weighted by atomic mass is 19.3. The Morgan fingerprint density at radius 3 is 2.52 bits per heavy atom. The van der Waals surface area contributed by atoms with Crippen LogP contribution in [0.3, 0.4) is 0 Å². The standard InChI is InChI=1S/C24H21F2N5O2/c1-13-5-3-4-6-17(13)24(9-10-24)23-28-22(33-30-23)18-12-19(20(25)26)31(29-18)15-7-8-16(21(27)32)14(2)11-15/h3-8,11-12,20H,9-10H2,1-2H3,(H2,27,32). The first-order valence-electron chi connectivity index (χ1n) is 10.5. The molecule has 1 aliphatic carbocycles. The fourth-order valence-electron chi connectivity index (χ4n) is 4.29. The van der Waals surface area contributed by atoms with Gasteiger partial charge in [-0.05, 0) is 67.6 Å². The average Bonchev–Trinajstić information content (AvgIpc) is 3.21. The molecule has 0 atom stereocenters. The number of carbonyl (C=O) groups excluding carboxylic acids is 1. The highest BCUT2D eigenvalue weighted by Gasteiger charge is 2.50. The molecule has 33 heavy (non-hydrogen) atoms. The van der Waals surface area contributed by atoms with Gasteiger partial charge in [-0.3, -0.25) is 4.79 Å². The third-order valence-corrected chi connectivity index (χ3v) is 6.16. The van der Waals surface area contributed by atoms with Crippen molar-refractivity contribution in [2.75, 3.05) is 0 Å². The number of amides is 1. The summed E-state index contributed by atoms with van der Waals surface area (Å²) in [5.74, 6) is 0.0212. The Morgan fingerprint density at radius 2 is 1.88 bits per heavy atom. The zero-order chi connectivity index (χ0) is 23.3. The van der Waals surface area contributed by atoms with Crippen LogP contribution in [0.5, 0.6) is 0 Å². The first-order valence-corrected chi connectivity index (χ1v) is 10.5. The second kappa shape index (κ2) is 7.61. The minimum Gasteiger partial charge on any atom is -0.366 e. The molecule has 2 aromatic carbocycles. The summed E-state index contributed by atoms with van der Waals surface area (Å²) in [5, 5.41) is 8.49. The Bertz CT molecular complexity index is 1370. The molecule has 0 bridgehead atoms. The van der Waals surface area contributed by atoms with E-state index in [1.165, 1.54) is 18.2 Å². The van der Waals surface area contributed by atoms with E-state index < -0.39 is 12.3 Å². The van der Waals surface area contributed by atoms with Gasteiger partial charge >= 0.3 is 0 Å². The maximum Gasteiger partial charge on any atom is 0.280 e. The Hall–Kier alpha value is -3.88. The van der Waals surface area contributed by atoms with Gasteiger partial charge < -0.3 is 10.3 Å². The van der Waals surface area contributed by atoms with E-state index in [4.69, 9.17) is 10.3 Å². The second-order valence-corrected chi connectivity index (χ2v) is 8.35. The zero-order valence-corrected chi connectivity index (χ0v) is 18.0. The Morgan fingerprint density at radius 1 is 1.12 bits per heavy atom. The number of alkyl halides is 2. The SMILES string of the molecule is Cc1cc(-n2nc(-c3nc(C4(c5ccccc5C)CC4)no3)cc2C(F)F)ccc1C(N)=O. The average molecular weight is 449 g/mol. The van der Waals surface area contributed by atoms with Crippen LogP contribution < -0.4 is 5.73 Å². The monoisotopic (exact) mass is 449 g/mol. The lowest BCUT2D eigenvalue weighted by Gasteiger charge is -2.13. The van der Waals surface area contributed by atoms with Gasteiger partial charge in [0.1, 0.15) is 5.69 Å². The molecule has 1 aliphatic rings. The quantitative estimate of drug-likeness (QED) is 0.462. The van der Waals surface area contributed by atoms with E-state index in [0.29, 0.717) is 22.6 Å². The van der Waals surface area contributed by atoms with Crippen molar-refractivity contribution in [1.29, 1.82) is 0 Å². The van der Waals surface area contributed by atoms with E-state index >= 15 is 0 Å². The number of aryl methyl sites for hydroxylation is 2. The molecule has 0 aliphatic heterocycles. The summed E-state index contributed by atoms with van der Waals surface area (Å²) >= 11 is 0. The van der Waals surface area contributed by atoms with E-state index in [2.05, 4.69) is 21.3 Å². The minimum atomic E-state index is -2.79. The largest absolute Gasteiger partial charge is 0.366 e. The van der Waals surface area contributed by atoms with Crippen molar-refractivity contribution in [1.82, 2.24) is 19.9 Å². The number of primary amides is 1. The van der Waals surface area contributed by atoms with Crippen LogP contribution in [-0.4, -0.2) is 25.8 Å². The molecule has 1 amide bonds. The minimum absolute atomic E-state index is 0.0796. The van der Waals surface area contributed by atoms with Gasteiger partial charge in [0.25, 0.3) is 12.3 Å². The molecule has 0 unspecified atom stereocenters. The molecule has 2 heterocycles. The molecule has 0 saturated heterocycles. The van der Waals surface area contributed by atoms with Crippen LogP contribution in [0.4, 0.5) is 8.78 Å². The number of benzene rings is 2. The van der Waals surface area contributed by atoms with E-state index in [1.54, 1.807) is 13.0 Å². The Labute approximate surface area is 188 Å². The molecule has 1 saturated carbocycles. The van der Waals surface area contributed by atoms with Crippen LogP contribution in [0.25, 0.3) is 17.3 Å². The summed E-state index contributed by atoms with van der Waals surface area (Å²) in [6, 6.07) is 13.9. The van der Waals surface area contributed by atoms with Gasteiger partial charge in [-0.15, -0.1) is 0 Å². The summed E-state index contributed by atoms with van der Waals surface area (Å²) in [6.45, 7) is 3.72. The van der Waals surface area contributed by atoms with E-state index in [9.17, 15) is 13.6 Å². The van der Waals surface area contributed by atoms with Gasteiger partial charge in [-0.1, -0.05) is 29.4 Å². The predicted molar refractivity (Wildman–Crippen MR) is 116 cm³/mol. The molecule has 0 spiro atoms. The normalized spacial score (nSPS) is 14.6. The van der Waals surface area contributed by atoms with Crippen molar-refractivity contribution in [2.45, 2.75) is 38.5 Å². The molecule has 9 heteroatoms. The molecule has 168 valence electrons. The fourth-order valence-corrected chi connectivity index (χ4v) is 4.29. The summed E-state index contributed by atoms with van der Waals surface area (Å²) in [6.07, 6.45) is -1.01. The topological polar surface area (TPSA) is 99.8 Å². The highest BCUT2D eigenvalue weighted by Crippen LogP contribution is 2.53. The molecule has 5 rings (SSSR count). The van der Waals surface area contributed by atoms with Crippen molar-refractivity contribution in [3.05, 3.63) is 82.3 Å². The lowest BCUT2D eigenvalue weighted by molar-refractivity contribution is 0.0999. The van der Waals surface area contributed by atoms with Gasteiger partial charge in [-0.2, -0.15) is 10.1 Å². The van der Waals surface area contributed by atoms with Crippen molar-refractivity contribution in [2.24, 2.45) is 5.73 Å². The van der Waals surface area contributed by atoms with Crippen LogP contribution in [0, 0.1) is 13.8 Å². The van der Waals surface area contributed by atoms with Gasteiger partial charge in [0.15, 0.2) is 11.5 Å². The number of aromatic nitrogens is 4. The number of nitrogens with two attached hydrogens (primary N) is 1. The molecule has 2 N–H and O–H groups in total. The third kappa shape index (κ3) is 3.49.